The Morgan fingerprint density at radius 2 is 1.89 bits per heavy atom. The highest BCUT2D eigenvalue weighted by molar-refractivity contribution is 5.94. The molecule has 0 saturated carbocycles. The van der Waals surface area contributed by atoms with Gasteiger partial charge in [-0.05, 0) is 72.0 Å². The van der Waals surface area contributed by atoms with Crippen molar-refractivity contribution in [2.75, 3.05) is 25.9 Å². The van der Waals surface area contributed by atoms with Gasteiger partial charge in [-0.25, -0.2) is 10.1 Å². The summed E-state index contributed by atoms with van der Waals surface area (Å²) in [5.41, 5.74) is 8.19. The fraction of sp³-hybridized carbons (Fsp3) is 0.308. The van der Waals surface area contributed by atoms with E-state index in [2.05, 4.69) is 43.0 Å². The van der Waals surface area contributed by atoms with Gasteiger partial charge in [0.15, 0.2) is 17.2 Å². The van der Waals surface area contributed by atoms with E-state index >= 15 is 0 Å². The number of likely N-dealkylation sites (tertiary alicyclic amines) is 1. The summed E-state index contributed by atoms with van der Waals surface area (Å²) < 4.78 is 17.0. The minimum atomic E-state index is -0.785. The summed E-state index contributed by atoms with van der Waals surface area (Å²) in [6.07, 6.45) is 3.37. The van der Waals surface area contributed by atoms with Crippen molar-refractivity contribution in [3.05, 3.63) is 73.6 Å². The van der Waals surface area contributed by atoms with Crippen LogP contribution >= 0.6 is 0 Å². The second-order valence-corrected chi connectivity index (χ2v) is 10.1. The molecule has 1 amide bonds. The van der Waals surface area contributed by atoms with E-state index in [1.165, 1.54) is 30.1 Å². The number of carbonyl (C=O) groups excluding carboxylic acids is 1. The second-order valence-electron chi connectivity index (χ2n) is 10.1. The van der Waals surface area contributed by atoms with Crippen molar-refractivity contribution < 1.29 is 28.7 Å². The van der Waals surface area contributed by atoms with Crippen molar-refractivity contribution in [1.82, 2.24) is 35.6 Å². The van der Waals surface area contributed by atoms with Crippen molar-refractivity contribution in [2.45, 2.75) is 26.3 Å². The van der Waals surface area contributed by atoms with E-state index in [4.69, 9.17) is 19.8 Å². The average molecular weight is 622 g/mol. The largest absolute Gasteiger partial charge is 0.493 e. The Kier molecular flexibility index (Phi) is 8.89. The lowest BCUT2D eigenvalue weighted by atomic mass is 9.99. The molecule has 1 aliphatic heterocycles. The van der Waals surface area contributed by atoms with E-state index < -0.39 is 27.1 Å². The van der Waals surface area contributed by atoms with E-state index in [0.717, 1.165) is 44.1 Å². The Labute approximate surface area is 253 Å². The molecule has 2 aromatic carbocycles. The number of piperidine rings is 1. The summed E-state index contributed by atoms with van der Waals surface area (Å²) in [6.45, 7) is 4.21. The number of non-ortho nitro benzene ring substituents is 1. The molecule has 1 fully saturated rings. The number of hydrogen-bond donors (Lipinski definition) is 2. The van der Waals surface area contributed by atoms with E-state index in [9.17, 15) is 25.0 Å². The van der Waals surface area contributed by atoms with Crippen LogP contribution in [0.4, 0.5) is 17.2 Å². The minimum Gasteiger partial charge on any atom is -0.493 e. The number of nitrogen functional groups attached to an aromatic ring is 1. The maximum Gasteiger partial charge on any atom is 0.318 e. The first kappa shape index (κ1) is 30.5. The van der Waals surface area contributed by atoms with Gasteiger partial charge in [0.25, 0.3) is 11.6 Å². The fourth-order valence-corrected chi connectivity index (χ4v) is 4.59. The van der Waals surface area contributed by atoms with Crippen LogP contribution in [0, 0.1) is 26.1 Å². The number of nitro groups is 2. The highest BCUT2D eigenvalue weighted by Crippen LogP contribution is 2.38. The Hall–Kier alpha value is -5.98. The van der Waals surface area contributed by atoms with Gasteiger partial charge in [-0.2, -0.15) is 9.78 Å². The first-order valence-electron chi connectivity index (χ1n) is 13.5. The number of hydrazone groups is 1. The minimum absolute atomic E-state index is 0.0112. The Balaban J connectivity index is 1.32. The molecule has 1 aliphatic rings. The number of nitrogens with one attached hydrogen (secondary N) is 1. The summed E-state index contributed by atoms with van der Waals surface area (Å²) in [4.78, 5) is 36.3. The van der Waals surface area contributed by atoms with Crippen LogP contribution in [0.2, 0.25) is 0 Å². The number of nitro benzene ring substituents is 2. The number of carbonyl (C=O) groups is 1. The molecule has 4 aromatic rings. The maximum atomic E-state index is 13.2. The average Bonchev–Trinajstić information content (AvgIpc) is 3.64. The second kappa shape index (κ2) is 13.1. The van der Waals surface area contributed by atoms with Crippen LogP contribution in [0.15, 0.2) is 46.1 Å². The number of ether oxygens (including phenoxy) is 2. The predicted molar refractivity (Wildman–Crippen MR) is 155 cm³/mol. The zero-order valence-electron chi connectivity index (χ0n) is 24.0. The number of anilines is 1. The van der Waals surface area contributed by atoms with Crippen molar-refractivity contribution in [2.24, 2.45) is 11.0 Å². The molecule has 5 rings (SSSR count). The first-order valence-corrected chi connectivity index (χ1v) is 13.5. The lowest BCUT2D eigenvalue weighted by Crippen LogP contribution is -2.34. The quantitative estimate of drug-likeness (QED) is 0.139. The molecule has 45 heavy (non-hydrogen) atoms. The van der Waals surface area contributed by atoms with E-state index in [1.807, 2.05) is 0 Å². The standard InChI is InChI=1S/C26H27N11O8/c1-15-7-9-34(10-8-15)14-19-23(29-33-35(19)25-24(27)31-45-32-25)26(38)30-28-13-16-3-5-21(22(11-16)43-2)44-20-6-4-17(36(39)40)12-18(20)37(41)42/h3-6,11-13,15H,7-10,14H2,1-2H3,(H2,27,31)(H,30,38)/b28-13-. The Bertz CT molecular complexity index is 1760. The van der Waals surface area contributed by atoms with Crippen LogP contribution in [0.25, 0.3) is 5.82 Å². The van der Waals surface area contributed by atoms with Crippen molar-refractivity contribution in [3.63, 3.8) is 0 Å². The van der Waals surface area contributed by atoms with Gasteiger partial charge in [-0.1, -0.05) is 12.1 Å². The fourth-order valence-electron chi connectivity index (χ4n) is 4.59. The number of methoxy groups -OCH3 is 1. The molecule has 0 bridgehead atoms. The van der Waals surface area contributed by atoms with Crippen LogP contribution in [0.1, 0.15) is 41.5 Å². The van der Waals surface area contributed by atoms with Crippen molar-refractivity contribution in [3.8, 4) is 23.1 Å². The molecule has 234 valence electrons. The molecule has 3 heterocycles. The summed E-state index contributed by atoms with van der Waals surface area (Å²) >= 11 is 0. The molecular weight excluding hydrogens is 594 g/mol. The highest BCUT2D eigenvalue weighted by atomic mass is 16.6. The number of amides is 1. The number of hydrogen-bond acceptors (Lipinski definition) is 15. The summed E-state index contributed by atoms with van der Waals surface area (Å²) in [6, 6.07) is 7.57. The molecule has 0 atom stereocenters. The van der Waals surface area contributed by atoms with Gasteiger partial charge < -0.3 is 15.2 Å². The van der Waals surface area contributed by atoms with Crippen LogP contribution in [-0.2, 0) is 6.54 Å². The van der Waals surface area contributed by atoms with Crippen LogP contribution < -0.4 is 20.6 Å². The summed E-state index contributed by atoms with van der Waals surface area (Å²) in [5, 5.41) is 42.0. The van der Waals surface area contributed by atoms with Gasteiger partial charge in [0, 0.05) is 12.6 Å². The SMILES string of the molecule is COc1cc(/C=N\NC(=O)c2nnn(-c3nonc3N)c2CN2CCC(C)CC2)ccc1Oc1ccc([N+](=O)[O-])cc1[N+](=O)[O-]. The summed E-state index contributed by atoms with van der Waals surface area (Å²) in [7, 11) is 1.36. The van der Waals surface area contributed by atoms with Crippen LogP contribution in [0.3, 0.4) is 0 Å². The zero-order chi connectivity index (χ0) is 32.1. The highest BCUT2D eigenvalue weighted by Gasteiger charge is 2.27. The number of rotatable bonds is 11. The maximum absolute atomic E-state index is 13.2. The Morgan fingerprint density at radius 1 is 1.13 bits per heavy atom. The smallest absolute Gasteiger partial charge is 0.318 e. The number of nitrogens with two attached hydrogens (primary N) is 1. The van der Waals surface area contributed by atoms with Crippen LogP contribution in [0.5, 0.6) is 17.2 Å². The predicted octanol–water partition coefficient (Wildman–Crippen LogP) is 2.85. The molecule has 0 aliphatic carbocycles. The Morgan fingerprint density at radius 3 is 2.56 bits per heavy atom. The molecule has 0 spiro atoms. The topological polar surface area (TPSA) is 245 Å². The molecule has 2 aromatic heterocycles. The van der Waals surface area contributed by atoms with E-state index in [-0.39, 0.29) is 34.6 Å². The van der Waals surface area contributed by atoms with Gasteiger partial charge >= 0.3 is 5.69 Å². The van der Waals surface area contributed by atoms with Crippen molar-refractivity contribution >= 4 is 29.3 Å². The third-order valence-electron chi connectivity index (χ3n) is 7.06. The third kappa shape index (κ3) is 6.82. The molecule has 1 saturated heterocycles. The molecule has 3 N–H and O–H groups in total. The first-order chi connectivity index (χ1) is 21.6. The molecule has 0 unspecified atom stereocenters. The third-order valence-corrected chi connectivity index (χ3v) is 7.06. The van der Waals surface area contributed by atoms with Gasteiger partial charge in [-0.15, -0.1) is 5.10 Å². The van der Waals surface area contributed by atoms with E-state index in [1.54, 1.807) is 6.07 Å². The molecular formula is C26H27N11O8. The molecule has 19 nitrogen and oxygen atoms in total. The molecule has 19 heteroatoms. The molecule has 0 radical (unpaired) electrons. The lowest BCUT2D eigenvalue weighted by Gasteiger charge is -2.30. The monoisotopic (exact) mass is 621 g/mol. The van der Waals surface area contributed by atoms with Gasteiger partial charge in [0.1, 0.15) is 0 Å². The lowest BCUT2D eigenvalue weighted by molar-refractivity contribution is -0.394. The number of nitrogens with zero attached hydrogens (tertiary/aromatic N) is 9. The van der Waals surface area contributed by atoms with Gasteiger partial charge in [0.2, 0.25) is 17.4 Å². The van der Waals surface area contributed by atoms with Gasteiger partial charge in [0.05, 0.1) is 34.9 Å². The van der Waals surface area contributed by atoms with Gasteiger partial charge in [-0.3, -0.25) is 29.9 Å². The summed E-state index contributed by atoms with van der Waals surface area (Å²) in [5.74, 6) is 0.135. The normalized spacial score (nSPS) is 14.0. The van der Waals surface area contributed by atoms with E-state index in [0.29, 0.717) is 23.7 Å². The van der Waals surface area contributed by atoms with Crippen molar-refractivity contribution in [1.29, 1.82) is 0 Å². The number of benzene rings is 2. The zero-order valence-corrected chi connectivity index (χ0v) is 24.0. The number of aromatic nitrogens is 5. The van der Waals surface area contributed by atoms with Crippen LogP contribution in [-0.4, -0.2) is 72.4 Å².